The molecule has 0 aliphatic heterocycles. The maximum absolute atomic E-state index is 4.89. The third kappa shape index (κ3) is 2.90. The van der Waals surface area contributed by atoms with Crippen molar-refractivity contribution in [3.63, 3.8) is 0 Å². The molecule has 1 fully saturated rings. The quantitative estimate of drug-likeness (QED) is 0.671. The van der Waals surface area contributed by atoms with Crippen molar-refractivity contribution in [1.29, 1.82) is 0 Å². The van der Waals surface area contributed by atoms with Gasteiger partial charge in [-0.1, -0.05) is 25.1 Å². The summed E-state index contributed by atoms with van der Waals surface area (Å²) in [6, 6.07) is 11.0. The zero-order valence-electron chi connectivity index (χ0n) is 14.4. The molecule has 2 N–H and O–H groups in total. The molecule has 1 aromatic carbocycles. The summed E-state index contributed by atoms with van der Waals surface area (Å²) in [6.07, 6.45) is 4.70. The Kier molecular flexibility index (Phi) is 4.00. The van der Waals surface area contributed by atoms with Crippen LogP contribution in [0.2, 0.25) is 0 Å². The van der Waals surface area contributed by atoms with Gasteiger partial charge < -0.3 is 10.6 Å². The molecular weight excluding hydrogens is 298 g/mol. The third-order valence-corrected chi connectivity index (χ3v) is 5.09. The summed E-state index contributed by atoms with van der Waals surface area (Å²) in [5.41, 5.74) is 5.09. The largest absolute Gasteiger partial charge is 0.353 e. The summed E-state index contributed by atoms with van der Waals surface area (Å²) in [5, 5.41) is 11.8. The molecule has 24 heavy (non-hydrogen) atoms. The number of nitrogens with zero attached hydrogens (tertiary/aromatic N) is 3. The molecule has 0 amide bonds. The summed E-state index contributed by atoms with van der Waals surface area (Å²) >= 11 is 0. The zero-order valence-corrected chi connectivity index (χ0v) is 14.4. The van der Waals surface area contributed by atoms with Gasteiger partial charge in [0.15, 0.2) is 5.96 Å². The Hall–Kier alpha value is -2.30. The van der Waals surface area contributed by atoms with E-state index in [2.05, 4.69) is 51.5 Å². The summed E-state index contributed by atoms with van der Waals surface area (Å²) in [4.78, 5) is 4.34. The SMILES string of the molecule is CN=C(NCc1nn(-c2ccccc2)c2c1CCC2)NC1CC1C. The Morgan fingerprint density at radius 1 is 1.29 bits per heavy atom. The molecular formula is C19H25N5. The number of para-hydroxylation sites is 1. The van der Waals surface area contributed by atoms with Gasteiger partial charge in [-0.2, -0.15) is 5.10 Å². The molecule has 0 bridgehead atoms. The Morgan fingerprint density at radius 2 is 2.08 bits per heavy atom. The number of benzene rings is 1. The van der Waals surface area contributed by atoms with Crippen molar-refractivity contribution < 1.29 is 0 Å². The lowest BCUT2D eigenvalue weighted by atomic mass is 10.2. The van der Waals surface area contributed by atoms with Crippen LogP contribution in [0.1, 0.15) is 36.7 Å². The number of aliphatic imine (C=N–C) groups is 1. The van der Waals surface area contributed by atoms with Crippen molar-refractivity contribution in [2.45, 2.75) is 45.2 Å². The van der Waals surface area contributed by atoms with Crippen molar-refractivity contribution in [2.24, 2.45) is 10.9 Å². The number of guanidine groups is 1. The highest BCUT2D eigenvalue weighted by molar-refractivity contribution is 5.80. The molecule has 1 saturated carbocycles. The molecule has 1 aromatic heterocycles. The molecule has 1 heterocycles. The number of fused-ring (bicyclic) bond motifs is 1. The van der Waals surface area contributed by atoms with Gasteiger partial charge in [-0.25, -0.2) is 4.68 Å². The average Bonchev–Trinajstić information content (AvgIpc) is 3.01. The first-order valence-electron chi connectivity index (χ1n) is 8.88. The van der Waals surface area contributed by atoms with Crippen molar-refractivity contribution in [1.82, 2.24) is 20.4 Å². The van der Waals surface area contributed by atoms with E-state index in [9.17, 15) is 0 Å². The standard InChI is InChI=1S/C19H25N5/c1-13-11-16(13)22-19(20-2)21-12-17-15-9-6-10-18(15)24(23-17)14-7-4-3-5-8-14/h3-5,7-8,13,16H,6,9-12H2,1-2H3,(H2,20,21,22). The van der Waals surface area contributed by atoms with Crippen molar-refractivity contribution in [3.05, 3.63) is 47.3 Å². The maximum Gasteiger partial charge on any atom is 0.191 e. The van der Waals surface area contributed by atoms with Gasteiger partial charge in [-0.15, -0.1) is 0 Å². The molecule has 0 spiro atoms. The molecule has 5 nitrogen and oxygen atoms in total. The predicted molar refractivity (Wildman–Crippen MR) is 96.5 cm³/mol. The second-order valence-corrected chi connectivity index (χ2v) is 6.86. The molecule has 2 atom stereocenters. The van der Waals surface area contributed by atoms with Gasteiger partial charge in [-0.05, 0) is 49.3 Å². The van der Waals surface area contributed by atoms with Gasteiger partial charge in [0, 0.05) is 18.8 Å². The van der Waals surface area contributed by atoms with Crippen LogP contribution in [0, 0.1) is 5.92 Å². The second kappa shape index (κ2) is 6.30. The van der Waals surface area contributed by atoms with Gasteiger partial charge in [0.25, 0.3) is 0 Å². The third-order valence-electron chi connectivity index (χ3n) is 5.09. The van der Waals surface area contributed by atoms with Crippen LogP contribution in [0.5, 0.6) is 0 Å². The van der Waals surface area contributed by atoms with Gasteiger partial charge >= 0.3 is 0 Å². The fraction of sp³-hybridized carbons (Fsp3) is 0.474. The van der Waals surface area contributed by atoms with E-state index in [1.807, 2.05) is 13.1 Å². The number of rotatable bonds is 4. The van der Waals surface area contributed by atoms with E-state index in [0.29, 0.717) is 6.04 Å². The van der Waals surface area contributed by atoms with Crippen molar-refractivity contribution in [3.8, 4) is 5.69 Å². The van der Waals surface area contributed by atoms with Gasteiger partial charge in [0.2, 0.25) is 0 Å². The fourth-order valence-electron chi connectivity index (χ4n) is 3.50. The van der Waals surface area contributed by atoms with Crippen LogP contribution < -0.4 is 10.6 Å². The van der Waals surface area contributed by atoms with Crippen molar-refractivity contribution >= 4 is 5.96 Å². The maximum atomic E-state index is 4.89. The minimum Gasteiger partial charge on any atom is -0.353 e. The zero-order chi connectivity index (χ0) is 16.5. The fourth-order valence-corrected chi connectivity index (χ4v) is 3.50. The summed E-state index contributed by atoms with van der Waals surface area (Å²) in [5.74, 6) is 1.63. The molecule has 2 aliphatic carbocycles. The highest BCUT2D eigenvalue weighted by atomic mass is 15.3. The minimum atomic E-state index is 0.573. The van der Waals surface area contributed by atoms with E-state index in [1.54, 1.807) is 0 Å². The molecule has 0 saturated heterocycles. The molecule has 2 unspecified atom stereocenters. The molecule has 126 valence electrons. The number of aromatic nitrogens is 2. The number of nitrogens with one attached hydrogen (secondary N) is 2. The summed E-state index contributed by atoms with van der Waals surface area (Å²) < 4.78 is 2.12. The number of hydrogen-bond donors (Lipinski definition) is 2. The van der Waals surface area contributed by atoms with E-state index in [-0.39, 0.29) is 0 Å². The molecule has 4 rings (SSSR count). The first kappa shape index (κ1) is 15.2. The van der Waals surface area contributed by atoms with Crippen LogP contribution in [0.15, 0.2) is 35.3 Å². The highest BCUT2D eigenvalue weighted by Gasteiger charge is 2.33. The van der Waals surface area contributed by atoms with Crippen LogP contribution in [0.3, 0.4) is 0 Å². The van der Waals surface area contributed by atoms with Crippen LogP contribution in [-0.2, 0) is 19.4 Å². The second-order valence-electron chi connectivity index (χ2n) is 6.86. The van der Waals surface area contributed by atoms with Gasteiger partial charge in [-0.3, -0.25) is 4.99 Å². The highest BCUT2D eigenvalue weighted by Crippen LogP contribution is 2.29. The predicted octanol–water partition coefficient (Wildman–Crippen LogP) is 2.43. The van der Waals surface area contributed by atoms with Crippen molar-refractivity contribution in [2.75, 3.05) is 7.05 Å². The van der Waals surface area contributed by atoms with Gasteiger partial charge in [0.1, 0.15) is 0 Å². The average molecular weight is 323 g/mol. The first-order valence-corrected chi connectivity index (χ1v) is 8.88. The van der Waals surface area contributed by atoms with E-state index < -0.39 is 0 Å². The van der Waals surface area contributed by atoms with Crippen LogP contribution >= 0.6 is 0 Å². The van der Waals surface area contributed by atoms with E-state index in [4.69, 9.17) is 5.10 Å². The Morgan fingerprint density at radius 3 is 2.79 bits per heavy atom. The monoisotopic (exact) mass is 323 g/mol. The van der Waals surface area contributed by atoms with Crippen LogP contribution in [0.25, 0.3) is 5.69 Å². The van der Waals surface area contributed by atoms with Crippen LogP contribution in [-0.4, -0.2) is 28.8 Å². The Labute approximate surface area is 143 Å². The van der Waals surface area contributed by atoms with E-state index in [0.717, 1.165) is 42.6 Å². The molecule has 0 radical (unpaired) electrons. The molecule has 5 heteroatoms. The topological polar surface area (TPSA) is 54.2 Å². The van der Waals surface area contributed by atoms with Crippen LogP contribution in [0.4, 0.5) is 0 Å². The normalized spacial score (nSPS) is 22.3. The minimum absolute atomic E-state index is 0.573. The lowest BCUT2D eigenvalue weighted by molar-refractivity contribution is 0.723. The van der Waals surface area contributed by atoms with E-state index in [1.165, 1.54) is 24.1 Å². The van der Waals surface area contributed by atoms with E-state index >= 15 is 0 Å². The lowest BCUT2D eigenvalue weighted by Gasteiger charge is -2.11. The Balaban J connectivity index is 1.51. The Bertz CT molecular complexity index is 747. The summed E-state index contributed by atoms with van der Waals surface area (Å²) in [6.45, 7) is 2.99. The molecule has 2 aliphatic rings. The summed E-state index contributed by atoms with van der Waals surface area (Å²) in [7, 11) is 1.83. The number of hydrogen-bond acceptors (Lipinski definition) is 2. The molecule has 2 aromatic rings. The smallest absolute Gasteiger partial charge is 0.191 e. The lowest BCUT2D eigenvalue weighted by Crippen LogP contribution is -2.38. The first-order chi connectivity index (χ1) is 11.8. The van der Waals surface area contributed by atoms with Gasteiger partial charge in [0.05, 0.1) is 17.9 Å².